The Morgan fingerprint density at radius 2 is 2.20 bits per heavy atom. The molecule has 0 unspecified atom stereocenters. The minimum Gasteiger partial charge on any atom is -0.487 e. The quantitative estimate of drug-likeness (QED) is 0.817. The Labute approximate surface area is 127 Å². The summed E-state index contributed by atoms with van der Waals surface area (Å²) in [5, 5.41) is 8.80. The van der Waals surface area contributed by atoms with Gasteiger partial charge in [-0.3, -0.25) is 0 Å². The van der Waals surface area contributed by atoms with Gasteiger partial charge < -0.3 is 14.3 Å². The summed E-state index contributed by atoms with van der Waals surface area (Å²) in [5.41, 5.74) is 0.574. The highest BCUT2D eigenvalue weighted by Gasteiger charge is 2.14. The lowest BCUT2D eigenvalue weighted by atomic mass is 10.2. The third-order valence-corrected chi connectivity index (χ3v) is 3.50. The average molecular weight is 364 g/mol. The van der Waals surface area contributed by atoms with Gasteiger partial charge in [0, 0.05) is 11.6 Å². The lowest BCUT2D eigenvalue weighted by Gasteiger charge is -2.08. The normalized spacial score (nSPS) is 10.6. The van der Waals surface area contributed by atoms with Gasteiger partial charge in [0.2, 0.25) is 5.76 Å². The van der Waals surface area contributed by atoms with Gasteiger partial charge in [0.05, 0.1) is 9.50 Å². The van der Waals surface area contributed by atoms with Crippen molar-refractivity contribution >= 4 is 33.5 Å². The number of furan rings is 1. The molecule has 0 aliphatic carbocycles. The molecule has 20 heavy (non-hydrogen) atoms. The van der Waals surface area contributed by atoms with Crippen molar-refractivity contribution < 1.29 is 23.4 Å². The van der Waals surface area contributed by atoms with Crippen molar-refractivity contribution in [2.75, 3.05) is 0 Å². The van der Waals surface area contributed by atoms with E-state index in [0.717, 1.165) is 6.07 Å². The van der Waals surface area contributed by atoms with E-state index in [-0.39, 0.29) is 23.1 Å². The summed E-state index contributed by atoms with van der Waals surface area (Å²) < 4.78 is 24.3. The second-order valence-corrected chi connectivity index (χ2v) is 5.24. The lowest BCUT2D eigenvalue weighted by molar-refractivity contribution is 0.0661. The first-order chi connectivity index (χ1) is 9.38. The number of hydrogen-bond acceptors (Lipinski definition) is 3. The first-order valence-corrected chi connectivity index (χ1v) is 6.65. The summed E-state index contributed by atoms with van der Waals surface area (Å²) in [7, 11) is 0. The smallest absolute Gasteiger partial charge is 0.371 e. The van der Waals surface area contributed by atoms with E-state index in [1.165, 1.54) is 12.1 Å². The van der Waals surface area contributed by atoms with Crippen LogP contribution in [-0.4, -0.2) is 11.1 Å². The number of carbonyl (C=O) groups is 1. The van der Waals surface area contributed by atoms with Crippen LogP contribution in [0.2, 0.25) is 5.02 Å². The molecule has 1 N–H and O–H groups in total. The van der Waals surface area contributed by atoms with E-state index in [1.807, 2.05) is 0 Å². The number of carboxylic acid groups (broad SMARTS) is 1. The van der Waals surface area contributed by atoms with Gasteiger partial charge in [-0.25, -0.2) is 9.18 Å². The van der Waals surface area contributed by atoms with Gasteiger partial charge in [0.15, 0.2) is 0 Å². The number of aryl methyl sites for hydroxylation is 1. The van der Waals surface area contributed by atoms with Crippen molar-refractivity contribution in [2.24, 2.45) is 0 Å². The van der Waals surface area contributed by atoms with Gasteiger partial charge in [-0.15, -0.1) is 0 Å². The predicted octanol–water partition coefficient (Wildman–Crippen LogP) is 4.42. The van der Waals surface area contributed by atoms with Crippen molar-refractivity contribution in [3.05, 3.63) is 50.6 Å². The van der Waals surface area contributed by atoms with Crippen LogP contribution in [0, 0.1) is 12.7 Å². The molecular weight excluding hydrogens is 354 g/mol. The van der Waals surface area contributed by atoms with Crippen LogP contribution in [0.15, 0.2) is 27.1 Å². The van der Waals surface area contributed by atoms with Crippen LogP contribution >= 0.6 is 27.5 Å². The fraction of sp³-hybridized carbons (Fsp3) is 0.154. The molecule has 1 aromatic carbocycles. The second kappa shape index (κ2) is 5.85. The summed E-state index contributed by atoms with van der Waals surface area (Å²) in [5.74, 6) is -1.21. The molecule has 1 heterocycles. The van der Waals surface area contributed by atoms with Gasteiger partial charge in [-0.05, 0) is 35.0 Å². The first-order valence-electron chi connectivity index (χ1n) is 5.48. The molecule has 0 fully saturated rings. The summed E-state index contributed by atoms with van der Waals surface area (Å²) in [6.45, 7) is 1.69. The minimum atomic E-state index is -1.15. The highest BCUT2D eigenvalue weighted by atomic mass is 79.9. The molecule has 0 amide bonds. The van der Waals surface area contributed by atoms with Crippen molar-refractivity contribution in [1.82, 2.24) is 0 Å². The maximum absolute atomic E-state index is 13.3. The molecule has 2 rings (SSSR count). The molecule has 7 heteroatoms. The molecule has 0 radical (unpaired) electrons. The monoisotopic (exact) mass is 362 g/mol. The van der Waals surface area contributed by atoms with E-state index in [0.29, 0.717) is 15.8 Å². The molecule has 0 aliphatic heterocycles. The van der Waals surface area contributed by atoms with Crippen molar-refractivity contribution in [2.45, 2.75) is 13.5 Å². The standard InChI is InChI=1S/C13H9BrClFO4/c1-6-7(2-12(20-6)13(17)18)5-19-11-4-10(16)9(15)3-8(11)14/h2-4H,5H2,1H3,(H,17,18). The zero-order valence-corrected chi connectivity index (χ0v) is 12.6. The third kappa shape index (κ3) is 3.13. The number of aromatic carboxylic acids is 1. The molecule has 0 saturated heterocycles. The highest BCUT2D eigenvalue weighted by Crippen LogP contribution is 2.31. The number of halogens is 3. The van der Waals surface area contributed by atoms with E-state index in [2.05, 4.69) is 15.9 Å². The topological polar surface area (TPSA) is 59.7 Å². The summed E-state index contributed by atoms with van der Waals surface area (Å²) in [4.78, 5) is 10.8. The zero-order chi connectivity index (χ0) is 14.9. The van der Waals surface area contributed by atoms with Gasteiger partial charge in [0.25, 0.3) is 0 Å². The fourth-order valence-corrected chi connectivity index (χ4v) is 2.29. The van der Waals surface area contributed by atoms with Gasteiger partial charge in [-0.1, -0.05) is 11.6 Å². The summed E-state index contributed by atoms with van der Waals surface area (Å²) in [6.07, 6.45) is 0. The van der Waals surface area contributed by atoms with E-state index >= 15 is 0 Å². The van der Waals surface area contributed by atoms with Crippen LogP contribution in [0.4, 0.5) is 4.39 Å². The number of ether oxygens (including phenoxy) is 1. The van der Waals surface area contributed by atoms with E-state index in [4.69, 9.17) is 25.9 Å². The summed E-state index contributed by atoms with van der Waals surface area (Å²) >= 11 is 8.83. The minimum absolute atomic E-state index is 0.0168. The third-order valence-electron chi connectivity index (χ3n) is 2.59. The number of rotatable bonds is 4. The van der Waals surface area contributed by atoms with Crippen LogP contribution in [0.3, 0.4) is 0 Å². The molecule has 0 atom stereocenters. The van der Waals surface area contributed by atoms with Gasteiger partial charge in [0.1, 0.15) is 23.9 Å². The lowest BCUT2D eigenvalue weighted by Crippen LogP contribution is -1.97. The Morgan fingerprint density at radius 3 is 2.80 bits per heavy atom. The predicted molar refractivity (Wildman–Crippen MR) is 73.8 cm³/mol. The van der Waals surface area contributed by atoms with E-state index in [9.17, 15) is 9.18 Å². The van der Waals surface area contributed by atoms with Crippen LogP contribution < -0.4 is 4.74 Å². The SMILES string of the molecule is Cc1oc(C(=O)O)cc1COc1cc(F)c(Cl)cc1Br. The van der Waals surface area contributed by atoms with E-state index < -0.39 is 11.8 Å². The van der Waals surface area contributed by atoms with Crippen LogP contribution in [0.25, 0.3) is 0 Å². The Kier molecular flexibility index (Phi) is 4.35. The highest BCUT2D eigenvalue weighted by molar-refractivity contribution is 9.10. The Hall–Kier alpha value is -1.53. The molecule has 106 valence electrons. The number of hydrogen-bond donors (Lipinski definition) is 1. The van der Waals surface area contributed by atoms with Gasteiger partial charge >= 0.3 is 5.97 Å². The van der Waals surface area contributed by atoms with Crippen LogP contribution in [0.5, 0.6) is 5.75 Å². The molecule has 4 nitrogen and oxygen atoms in total. The van der Waals surface area contributed by atoms with Crippen LogP contribution in [-0.2, 0) is 6.61 Å². The molecule has 0 bridgehead atoms. The molecule has 0 aliphatic rings. The molecule has 0 spiro atoms. The molecular formula is C13H9BrClFO4. The average Bonchev–Trinajstić information content (AvgIpc) is 2.74. The largest absolute Gasteiger partial charge is 0.487 e. The number of benzene rings is 1. The number of carboxylic acids is 1. The van der Waals surface area contributed by atoms with Crippen molar-refractivity contribution in [1.29, 1.82) is 0 Å². The Balaban J connectivity index is 2.17. The van der Waals surface area contributed by atoms with Crippen molar-refractivity contribution in [3.63, 3.8) is 0 Å². The van der Waals surface area contributed by atoms with Gasteiger partial charge in [-0.2, -0.15) is 0 Å². The molecule has 2 aromatic rings. The van der Waals surface area contributed by atoms with Crippen molar-refractivity contribution in [3.8, 4) is 5.75 Å². The first kappa shape index (κ1) is 14.9. The fourth-order valence-electron chi connectivity index (χ4n) is 1.54. The maximum atomic E-state index is 13.3. The van der Waals surface area contributed by atoms with E-state index in [1.54, 1.807) is 6.92 Å². The van der Waals surface area contributed by atoms with Crippen LogP contribution in [0.1, 0.15) is 21.9 Å². The zero-order valence-electron chi connectivity index (χ0n) is 10.2. The molecule has 1 aromatic heterocycles. The summed E-state index contributed by atoms with van der Waals surface area (Å²) in [6, 6.07) is 3.91. The Bertz CT molecular complexity index is 669. The maximum Gasteiger partial charge on any atom is 0.371 e. The molecule has 0 saturated carbocycles. The second-order valence-electron chi connectivity index (χ2n) is 3.98. The Morgan fingerprint density at radius 1 is 1.50 bits per heavy atom.